The molecule has 20 heavy (non-hydrogen) atoms. The van der Waals surface area contributed by atoms with Gasteiger partial charge < -0.3 is 4.74 Å². The fourth-order valence-electron chi connectivity index (χ4n) is 2.77. The van der Waals surface area contributed by atoms with Gasteiger partial charge in [-0.1, -0.05) is 49.1 Å². The highest BCUT2D eigenvalue weighted by Gasteiger charge is 2.25. The van der Waals surface area contributed by atoms with Crippen molar-refractivity contribution in [1.29, 1.82) is 0 Å². The van der Waals surface area contributed by atoms with Crippen LogP contribution in [0, 0.1) is 0 Å². The largest absolute Gasteiger partial charge is 0.467 e. The first-order valence-electron chi connectivity index (χ1n) is 7.11. The Morgan fingerprint density at radius 2 is 2.10 bits per heavy atom. The molecule has 0 saturated carbocycles. The molecule has 1 aromatic heterocycles. The van der Waals surface area contributed by atoms with Crippen LogP contribution in [0.15, 0.2) is 24.3 Å². The van der Waals surface area contributed by atoms with E-state index in [0.29, 0.717) is 6.01 Å². The van der Waals surface area contributed by atoms with Gasteiger partial charge in [0.1, 0.15) is 5.82 Å². The molecule has 1 atom stereocenters. The Morgan fingerprint density at radius 3 is 2.90 bits per heavy atom. The molecule has 1 aromatic carbocycles. The van der Waals surface area contributed by atoms with Crippen LogP contribution in [0.5, 0.6) is 6.01 Å². The van der Waals surface area contributed by atoms with Crippen molar-refractivity contribution in [3.05, 3.63) is 41.2 Å². The van der Waals surface area contributed by atoms with Gasteiger partial charge in [-0.2, -0.15) is 0 Å². The van der Waals surface area contributed by atoms with E-state index in [4.69, 9.17) is 4.74 Å². The van der Waals surface area contributed by atoms with Crippen LogP contribution in [0.1, 0.15) is 49.1 Å². The van der Waals surface area contributed by atoms with Gasteiger partial charge >= 0.3 is 6.01 Å². The second-order valence-corrected chi connectivity index (χ2v) is 5.05. The number of hydrogen-bond acceptors (Lipinski definition) is 3. The van der Waals surface area contributed by atoms with Crippen LogP contribution in [0.4, 0.5) is 0 Å². The molecule has 0 spiro atoms. The lowest BCUT2D eigenvalue weighted by atomic mass is 9.90. The predicted molar refractivity (Wildman–Crippen MR) is 79.6 cm³/mol. The average Bonchev–Trinajstić information content (AvgIpc) is 2.82. The third-order valence-corrected chi connectivity index (χ3v) is 3.81. The topological polar surface area (TPSA) is 39.9 Å². The number of benzene rings is 1. The summed E-state index contributed by atoms with van der Waals surface area (Å²) in [4.78, 5) is 0. The van der Waals surface area contributed by atoms with E-state index in [1.54, 1.807) is 7.11 Å². The fourth-order valence-corrected chi connectivity index (χ4v) is 2.77. The second-order valence-electron chi connectivity index (χ2n) is 5.05. The zero-order valence-corrected chi connectivity index (χ0v) is 11.9. The van der Waals surface area contributed by atoms with E-state index in [1.807, 2.05) is 10.8 Å². The summed E-state index contributed by atoms with van der Waals surface area (Å²) in [6.07, 6.45) is 7.54. The number of methoxy groups -OCH3 is 1. The van der Waals surface area contributed by atoms with Crippen molar-refractivity contribution in [2.45, 2.75) is 32.1 Å². The molecule has 0 amide bonds. The molecule has 0 fully saturated rings. The van der Waals surface area contributed by atoms with Crippen molar-refractivity contribution in [1.82, 2.24) is 14.8 Å². The van der Waals surface area contributed by atoms with Gasteiger partial charge in [-0.25, -0.2) is 0 Å². The minimum Gasteiger partial charge on any atom is -0.467 e. The maximum absolute atomic E-state index is 5.30. The molecule has 0 N–H and O–H groups in total. The highest BCUT2D eigenvalue weighted by atomic mass is 16.5. The summed E-state index contributed by atoms with van der Waals surface area (Å²) in [5, 5.41) is 8.49. The highest BCUT2D eigenvalue weighted by Crippen LogP contribution is 2.35. The monoisotopic (exact) mass is 269 g/mol. The lowest BCUT2D eigenvalue weighted by Crippen LogP contribution is -2.07. The molecule has 4 heteroatoms. The van der Waals surface area contributed by atoms with Crippen molar-refractivity contribution in [3.63, 3.8) is 0 Å². The Kier molecular flexibility index (Phi) is 3.54. The van der Waals surface area contributed by atoms with Crippen LogP contribution in [-0.4, -0.2) is 21.9 Å². The minimum absolute atomic E-state index is 0.276. The van der Waals surface area contributed by atoms with Crippen molar-refractivity contribution < 1.29 is 4.74 Å². The summed E-state index contributed by atoms with van der Waals surface area (Å²) in [6.45, 7) is 2.21. The van der Waals surface area contributed by atoms with Gasteiger partial charge in [-0.15, -0.1) is 5.10 Å². The molecule has 104 valence electrons. The van der Waals surface area contributed by atoms with Crippen molar-refractivity contribution in [3.8, 4) is 6.01 Å². The first kappa shape index (κ1) is 12.9. The first-order valence-corrected chi connectivity index (χ1v) is 7.11. The summed E-state index contributed by atoms with van der Waals surface area (Å²) >= 11 is 0. The van der Waals surface area contributed by atoms with Crippen LogP contribution in [0.3, 0.4) is 0 Å². The van der Waals surface area contributed by atoms with Gasteiger partial charge in [0.15, 0.2) is 0 Å². The highest BCUT2D eigenvalue weighted by molar-refractivity contribution is 5.67. The third-order valence-electron chi connectivity index (χ3n) is 3.81. The Bertz CT molecular complexity index is 630. The third kappa shape index (κ3) is 2.11. The van der Waals surface area contributed by atoms with Gasteiger partial charge in [-0.05, 0) is 23.6 Å². The van der Waals surface area contributed by atoms with Gasteiger partial charge in [-0.3, -0.25) is 4.57 Å². The Labute approximate surface area is 119 Å². The first-order chi connectivity index (χ1) is 9.85. The molecular formula is C16H19N3O. The summed E-state index contributed by atoms with van der Waals surface area (Å²) in [7, 11) is 1.63. The van der Waals surface area contributed by atoms with E-state index in [0.717, 1.165) is 12.2 Å². The zero-order chi connectivity index (χ0) is 13.9. The number of nitrogens with zero attached hydrogens (tertiary/aromatic N) is 3. The predicted octanol–water partition coefficient (Wildman–Crippen LogP) is 3.55. The van der Waals surface area contributed by atoms with E-state index in [-0.39, 0.29) is 5.92 Å². The van der Waals surface area contributed by atoms with Gasteiger partial charge in [0.05, 0.1) is 7.11 Å². The number of fused-ring (bicyclic) bond motifs is 2. The van der Waals surface area contributed by atoms with Crippen molar-refractivity contribution in [2.75, 3.05) is 7.11 Å². The van der Waals surface area contributed by atoms with E-state index < -0.39 is 0 Å². The molecule has 0 bridgehead atoms. The molecule has 0 saturated heterocycles. The Hall–Kier alpha value is -2.10. The molecule has 1 aliphatic heterocycles. The number of hydrogen-bond donors (Lipinski definition) is 0. The lowest BCUT2D eigenvalue weighted by Gasteiger charge is -2.16. The van der Waals surface area contributed by atoms with Crippen LogP contribution in [0.2, 0.25) is 0 Å². The van der Waals surface area contributed by atoms with E-state index in [9.17, 15) is 0 Å². The SMILES string of the molecule is CCCCC1c2ccccc2C=Cn2c(OC)nnc21. The van der Waals surface area contributed by atoms with E-state index in [2.05, 4.69) is 47.5 Å². The molecule has 0 radical (unpaired) electrons. The quantitative estimate of drug-likeness (QED) is 0.852. The standard InChI is InChI=1S/C16H19N3O/c1-3-4-8-14-13-9-6-5-7-12(13)10-11-19-15(14)17-18-16(19)20-2/h5-7,9-11,14H,3-4,8H2,1-2H3. The summed E-state index contributed by atoms with van der Waals surface area (Å²) in [6, 6.07) is 9.05. The van der Waals surface area contributed by atoms with Crippen molar-refractivity contribution in [2.24, 2.45) is 0 Å². The molecule has 2 aromatic rings. The number of rotatable bonds is 4. The van der Waals surface area contributed by atoms with Gasteiger partial charge in [0, 0.05) is 12.1 Å². The van der Waals surface area contributed by atoms with Crippen LogP contribution < -0.4 is 4.74 Å². The molecule has 1 aliphatic rings. The van der Waals surface area contributed by atoms with E-state index >= 15 is 0 Å². The summed E-state index contributed by atoms with van der Waals surface area (Å²) in [5.74, 6) is 1.24. The summed E-state index contributed by atoms with van der Waals surface area (Å²) < 4.78 is 7.26. The Morgan fingerprint density at radius 1 is 1.25 bits per heavy atom. The van der Waals surface area contributed by atoms with Crippen LogP contribution in [-0.2, 0) is 0 Å². The molecule has 3 rings (SSSR count). The Balaban J connectivity index is 2.12. The van der Waals surface area contributed by atoms with Gasteiger partial charge in [0.25, 0.3) is 0 Å². The fraction of sp³-hybridized carbons (Fsp3) is 0.375. The van der Waals surface area contributed by atoms with Gasteiger partial charge in [0.2, 0.25) is 0 Å². The summed E-state index contributed by atoms with van der Waals surface area (Å²) in [5.41, 5.74) is 2.58. The molecular weight excluding hydrogens is 250 g/mol. The molecule has 4 nitrogen and oxygen atoms in total. The second kappa shape index (κ2) is 5.49. The molecule has 1 unspecified atom stereocenters. The average molecular weight is 269 g/mol. The normalized spacial score (nSPS) is 16.4. The van der Waals surface area contributed by atoms with Crippen LogP contribution >= 0.6 is 0 Å². The maximum Gasteiger partial charge on any atom is 0.320 e. The smallest absolute Gasteiger partial charge is 0.320 e. The van der Waals surface area contributed by atoms with Crippen molar-refractivity contribution >= 4 is 12.3 Å². The number of ether oxygens (including phenoxy) is 1. The van der Waals surface area contributed by atoms with E-state index in [1.165, 1.54) is 24.0 Å². The molecule has 2 heterocycles. The van der Waals surface area contributed by atoms with Crippen LogP contribution in [0.25, 0.3) is 12.3 Å². The lowest BCUT2D eigenvalue weighted by molar-refractivity contribution is 0.373. The zero-order valence-electron chi connectivity index (χ0n) is 11.9. The number of unbranched alkanes of at least 4 members (excludes halogenated alkanes) is 1. The minimum atomic E-state index is 0.276. The molecule has 0 aliphatic carbocycles. The maximum atomic E-state index is 5.30. The number of aromatic nitrogens is 3.